The van der Waals surface area contributed by atoms with Gasteiger partial charge in [-0.1, -0.05) is 18.2 Å². The number of rotatable bonds is 1. The van der Waals surface area contributed by atoms with Crippen LogP contribution in [0.5, 0.6) is 0 Å². The Bertz CT molecular complexity index is 151. The Labute approximate surface area is 58.0 Å². The first-order chi connectivity index (χ1) is 4.52. The summed E-state index contributed by atoms with van der Waals surface area (Å²) in [6.07, 6.45) is -0.760. The van der Waals surface area contributed by atoms with Gasteiger partial charge in [0.1, 0.15) is 0 Å². The van der Waals surface area contributed by atoms with Gasteiger partial charge in [0.2, 0.25) is 0 Å². The molecule has 0 aromatic heterocycles. The zero-order valence-electron chi connectivity index (χ0n) is 5.87. The van der Waals surface area contributed by atoms with E-state index in [1.165, 1.54) is 13.0 Å². The fraction of sp³-hybridized carbons (Fsp3) is 0.429. The Hall–Kier alpha value is -0.730. The minimum atomic E-state index is -4.21. The molecule has 0 atom stereocenters. The highest BCUT2D eigenvalue weighted by atomic mass is 19.4. The van der Waals surface area contributed by atoms with Gasteiger partial charge in [0.15, 0.2) is 0 Å². The molecule has 0 spiro atoms. The summed E-state index contributed by atoms with van der Waals surface area (Å²) in [6.45, 7) is 2.91. The van der Waals surface area contributed by atoms with Gasteiger partial charge in [-0.15, -0.1) is 0 Å². The number of halogens is 3. The maximum absolute atomic E-state index is 11.8. The molecular weight excluding hydrogens is 141 g/mol. The highest BCUT2D eigenvalue weighted by Gasteiger charge is 2.30. The smallest absolute Gasteiger partial charge is 0.166 e. The summed E-state index contributed by atoms with van der Waals surface area (Å²) in [5.41, 5.74) is -0.602. The second kappa shape index (κ2) is 3.44. The van der Waals surface area contributed by atoms with Crippen LogP contribution in [-0.2, 0) is 0 Å². The van der Waals surface area contributed by atoms with E-state index in [2.05, 4.69) is 0 Å². The van der Waals surface area contributed by atoms with Gasteiger partial charge in [0.05, 0.1) is 5.57 Å². The first-order valence-electron chi connectivity index (χ1n) is 2.88. The van der Waals surface area contributed by atoms with Crippen molar-refractivity contribution in [3.63, 3.8) is 0 Å². The molecule has 0 aromatic carbocycles. The summed E-state index contributed by atoms with van der Waals surface area (Å²) in [6, 6.07) is 0. The minimum absolute atomic E-state index is 0.602. The molecule has 0 unspecified atom stereocenters. The van der Waals surface area contributed by atoms with Crippen LogP contribution in [0.15, 0.2) is 23.8 Å². The predicted molar refractivity (Wildman–Crippen MR) is 34.6 cm³/mol. The highest BCUT2D eigenvalue weighted by Crippen LogP contribution is 2.25. The molecule has 0 N–H and O–H groups in total. The van der Waals surface area contributed by atoms with Gasteiger partial charge in [-0.05, 0) is 13.8 Å². The molecule has 0 bridgehead atoms. The van der Waals surface area contributed by atoms with Gasteiger partial charge in [0.25, 0.3) is 0 Å². The van der Waals surface area contributed by atoms with E-state index in [9.17, 15) is 13.2 Å². The van der Waals surface area contributed by atoms with Crippen LogP contribution in [0.2, 0.25) is 0 Å². The molecule has 10 heavy (non-hydrogen) atoms. The Morgan fingerprint density at radius 3 is 1.80 bits per heavy atom. The van der Waals surface area contributed by atoms with Crippen molar-refractivity contribution in [2.45, 2.75) is 20.0 Å². The zero-order valence-corrected chi connectivity index (χ0v) is 5.87. The lowest BCUT2D eigenvalue weighted by Gasteiger charge is -2.05. The zero-order chi connectivity index (χ0) is 8.20. The van der Waals surface area contributed by atoms with Gasteiger partial charge in [-0.2, -0.15) is 13.2 Å². The van der Waals surface area contributed by atoms with E-state index < -0.39 is 11.7 Å². The van der Waals surface area contributed by atoms with Crippen molar-refractivity contribution in [1.29, 1.82) is 0 Å². The quantitative estimate of drug-likeness (QED) is 0.504. The van der Waals surface area contributed by atoms with E-state index >= 15 is 0 Å². The maximum Gasteiger partial charge on any atom is 0.416 e. The summed E-state index contributed by atoms with van der Waals surface area (Å²) in [7, 11) is 0. The van der Waals surface area contributed by atoms with Crippen LogP contribution in [0, 0.1) is 0 Å². The Balaban J connectivity index is 4.39. The predicted octanol–water partition coefficient (Wildman–Crippen LogP) is 3.07. The molecule has 0 aliphatic heterocycles. The molecule has 0 saturated heterocycles. The molecule has 0 aromatic rings. The molecule has 0 aliphatic carbocycles. The molecule has 3 heteroatoms. The van der Waals surface area contributed by atoms with Gasteiger partial charge in [0, 0.05) is 0 Å². The van der Waals surface area contributed by atoms with Crippen LogP contribution in [0.1, 0.15) is 13.8 Å². The largest absolute Gasteiger partial charge is 0.416 e. The van der Waals surface area contributed by atoms with Crippen molar-refractivity contribution in [3.8, 4) is 0 Å². The summed E-state index contributed by atoms with van der Waals surface area (Å²) in [5.74, 6) is 0. The monoisotopic (exact) mass is 150 g/mol. The third-order valence-corrected chi connectivity index (χ3v) is 0.985. The van der Waals surface area contributed by atoms with Crippen molar-refractivity contribution in [2.24, 2.45) is 0 Å². The fourth-order valence-electron chi connectivity index (χ4n) is 0.534. The molecule has 0 radical (unpaired) electrons. The van der Waals surface area contributed by atoms with E-state index in [-0.39, 0.29) is 0 Å². The first-order valence-corrected chi connectivity index (χ1v) is 2.88. The Morgan fingerprint density at radius 2 is 1.70 bits per heavy atom. The Morgan fingerprint density at radius 1 is 1.20 bits per heavy atom. The van der Waals surface area contributed by atoms with E-state index in [0.717, 1.165) is 12.2 Å². The van der Waals surface area contributed by atoms with Crippen molar-refractivity contribution in [2.75, 3.05) is 0 Å². The average Bonchev–Trinajstić information content (AvgIpc) is 1.80. The summed E-state index contributed by atoms with van der Waals surface area (Å²) < 4.78 is 35.4. The summed E-state index contributed by atoms with van der Waals surface area (Å²) in [4.78, 5) is 0. The highest BCUT2D eigenvalue weighted by molar-refractivity contribution is 5.22. The van der Waals surface area contributed by atoms with Gasteiger partial charge < -0.3 is 0 Å². The van der Waals surface area contributed by atoms with Crippen molar-refractivity contribution in [1.82, 2.24) is 0 Å². The normalized spacial score (nSPS) is 14.7. The second-order valence-electron chi connectivity index (χ2n) is 1.74. The van der Waals surface area contributed by atoms with Crippen LogP contribution in [0.3, 0.4) is 0 Å². The van der Waals surface area contributed by atoms with Crippen molar-refractivity contribution >= 4 is 0 Å². The Kier molecular flexibility index (Phi) is 3.19. The molecule has 0 saturated carbocycles. The van der Waals surface area contributed by atoms with E-state index in [0.29, 0.717) is 0 Å². The molecule has 0 fully saturated rings. The van der Waals surface area contributed by atoms with E-state index in [1.54, 1.807) is 6.92 Å². The number of hydrogen-bond donors (Lipinski definition) is 0. The van der Waals surface area contributed by atoms with E-state index in [1.807, 2.05) is 0 Å². The summed E-state index contributed by atoms with van der Waals surface area (Å²) in [5, 5.41) is 0. The van der Waals surface area contributed by atoms with Gasteiger partial charge in [-0.25, -0.2) is 0 Å². The maximum atomic E-state index is 11.8. The van der Waals surface area contributed by atoms with Gasteiger partial charge >= 0.3 is 6.18 Å². The van der Waals surface area contributed by atoms with Crippen LogP contribution in [0.25, 0.3) is 0 Å². The molecule has 0 amide bonds. The lowest BCUT2D eigenvalue weighted by atomic mass is 10.2. The third-order valence-electron chi connectivity index (χ3n) is 0.985. The molecular formula is C7H9F3. The average molecular weight is 150 g/mol. The SMILES string of the molecule is CC=CC(=CC)C(F)(F)F. The number of hydrogen-bond acceptors (Lipinski definition) is 0. The summed E-state index contributed by atoms with van der Waals surface area (Å²) >= 11 is 0. The van der Waals surface area contributed by atoms with Crippen LogP contribution in [0.4, 0.5) is 13.2 Å². The van der Waals surface area contributed by atoms with Crippen molar-refractivity contribution in [3.05, 3.63) is 23.8 Å². The number of alkyl halides is 3. The number of allylic oxidation sites excluding steroid dienone is 4. The van der Waals surface area contributed by atoms with Crippen LogP contribution in [-0.4, -0.2) is 6.18 Å². The fourth-order valence-corrected chi connectivity index (χ4v) is 0.534. The van der Waals surface area contributed by atoms with Crippen molar-refractivity contribution < 1.29 is 13.2 Å². The van der Waals surface area contributed by atoms with Crippen LogP contribution >= 0.6 is 0 Å². The lowest BCUT2D eigenvalue weighted by molar-refractivity contribution is -0.0883. The first kappa shape index (κ1) is 9.27. The third kappa shape index (κ3) is 2.71. The molecule has 0 aliphatic rings. The molecule has 0 nitrogen and oxygen atoms in total. The van der Waals surface area contributed by atoms with E-state index in [4.69, 9.17) is 0 Å². The molecule has 58 valence electrons. The second-order valence-corrected chi connectivity index (χ2v) is 1.74. The minimum Gasteiger partial charge on any atom is -0.166 e. The topological polar surface area (TPSA) is 0 Å². The lowest BCUT2D eigenvalue weighted by Crippen LogP contribution is -2.09. The molecule has 0 rings (SSSR count). The van der Waals surface area contributed by atoms with Crippen LogP contribution < -0.4 is 0 Å². The standard InChI is InChI=1S/C7H9F3/c1-3-5-6(4-2)7(8,9)10/h3-5H,1-2H3. The molecule has 0 heterocycles. The van der Waals surface area contributed by atoms with Gasteiger partial charge in [-0.3, -0.25) is 0 Å².